The number of ether oxygens (including phenoxy) is 1. The average molecular weight is 245 g/mol. The molecule has 0 aliphatic carbocycles. The Labute approximate surface area is 105 Å². The Hall–Kier alpha value is -1.65. The molecule has 4 heteroatoms. The topological polar surface area (TPSA) is 51.5 Å². The van der Waals surface area contributed by atoms with E-state index in [1.807, 2.05) is 24.3 Å². The SMILES string of the molecule is O=C(CC1COCCN1)c1cc2ccccc2o1. The van der Waals surface area contributed by atoms with Gasteiger partial charge in [-0.15, -0.1) is 0 Å². The van der Waals surface area contributed by atoms with Gasteiger partial charge in [-0.2, -0.15) is 0 Å². The standard InChI is InChI=1S/C14H15NO3/c16-12(8-11-9-17-6-5-15-11)14-7-10-3-1-2-4-13(10)18-14/h1-4,7,11,15H,5-6,8-9H2. The highest BCUT2D eigenvalue weighted by molar-refractivity contribution is 5.97. The van der Waals surface area contributed by atoms with Crippen molar-refractivity contribution in [2.24, 2.45) is 0 Å². The van der Waals surface area contributed by atoms with E-state index in [0.29, 0.717) is 18.8 Å². The smallest absolute Gasteiger partial charge is 0.199 e. The molecule has 2 heterocycles. The van der Waals surface area contributed by atoms with Crippen LogP contribution in [0.1, 0.15) is 17.0 Å². The van der Waals surface area contributed by atoms with Crippen LogP contribution in [0, 0.1) is 0 Å². The number of fused-ring (bicyclic) bond motifs is 1. The van der Waals surface area contributed by atoms with E-state index in [2.05, 4.69) is 5.32 Å². The van der Waals surface area contributed by atoms with Crippen LogP contribution in [0.25, 0.3) is 11.0 Å². The second-order valence-electron chi connectivity index (χ2n) is 4.50. The lowest BCUT2D eigenvalue weighted by atomic mass is 10.1. The maximum Gasteiger partial charge on any atom is 0.199 e. The number of benzene rings is 1. The number of rotatable bonds is 3. The number of carbonyl (C=O) groups is 1. The van der Waals surface area contributed by atoms with Crippen molar-refractivity contribution < 1.29 is 13.9 Å². The van der Waals surface area contributed by atoms with Crippen molar-refractivity contribution in [1.82, 2.24) is 5.32 Å². The van der Waals surface area contributed by atoms with Gasteiger partial charge < -0.3 is 14.5 Å². The highest BCUT2D eigenvalue weighted by Gasteiger charge is 2.20. The summed E-state index contributed by atoms with van der Waals surface area (Å²) >= 11 is 0. The molecule has 1 fully saturated rings. The van der Waals surface area contributed by atoms with Gasteiger partial charge >= 0.3 is 0 Å². The van der Waals surface area contributed by atoms with Crippen molar-refractivity contribution >= 4 is 16.8 Å². The molecule has 1 aliphatic rings. The number of furan rings is 1. The summed E-state index contributed by atoms with van der Waals surface area (Å²) in [6, 6.07) is 9.55. The maximum absolute atomic E-state index is 12.1. The third-order valence-corrected chi connectivity index (χ3v) is 3.13. The first kappa shape index (κ1) is 11.4. The van der Waals surface area contributed by atoms with E-state index in [1.54, 1.807) is 6.07 Å². The number of hydrogen-bond acceptors (Lipinski definition) is 4. The number of para-hydroxylation sites is 1. The molecule has 1 N–H and O–H groups in total. The van der Waals surface area contributed by atoms with Gasteiger partial charge in [0.05, 0.1) is 13.2 Å². The van der Waals surface area contributed by atoms with Gasteiger partial charge in [-0.3, -0.25) is 4.79 Å². The van der Waals surface area contributed by atoms with Gasteiger partial charge in [0, 0.05) is 24.4 Å². The van der Waals surface area contributed by atoms with E-state index < -0.39 is 0 Å². The maximum atomic E-state index is 12.1. The quantitative estimate of drug-likeness (QED) is 0.840. The van der Waals surface area contributed by atoms with Crippen LogP contribution < -0.4 is 5.32 Å². The van der Waals surface area contributed by atoms with Crippen molar-refractivity contribution in [2.45, 2.75) is 12.5 Å². The van der Waals surface area contributed by atoms with E-state index >= 15 is 0 Å². The number of Topliss-reactive ketones (excluding diaryl/α,β-unsaturated/α-hetero) is 1. The zero-order valence-electron chi connectivity index (χ0n) is 10.0. The third kappa shape index (κ3) is 2.30. The Kier molecular flexibility index (Phi) is 3.13. The molecule has 1 aromatic carbocycles. The van der Waals surface area contributed by atoms with Gasteiger partial charge in [0.2, 0.25) is 0 Å². The average Bonchev–Trinajstić information content (AvgIpc) is 2.84. The number of nitrogens with one attached hydrogen (secondary N) is 1. The molecule has 0 saturated carbocycles. The Bertz CT molecular complexity index is 522. The summed E-state index contributed by atoms with van der Waals surface area (Å²) < 4.78 is 10.9. The van der Waals surface area contributed by atoms with E-state index in [0.717, 1.165) is 24.1 Å². The Morgan fingerprint density at radius 3 is 3.06 bits per heavy atom. The molecular formula is C14H15NO3. The second-order valence-corrected chi connectivity index (χ2v) is 4.50. The Balaban J connectivity index is 1.74. The van der Waals surface area contributed by atoms with Crippen molar-refractivity contribution in [3.05, 3.63) is 36.1 Å². The molecule has 1 aromatic heterocycles. The number of carbonyl (C=O) groups excluding carboxylic acids is 1. The minimum atomic E-state index is 0.0224. The van der Waals surface area contributed by atoms with Gasteiger partial charge in [-0.1, -0.05) is 18.2 Å². The van der Waals surface area contributed by atoms with Crippen molar-refractivity contribution in [2.75, 3.05) is 19.8 Å². The molecule has 1 saturated heterocycles. The van der Waals surface area contributed by atoms with Crippen molar-refractivity contribution in [3.63, 3.8) is 0 Å². The van der Waals surface area contributed by atoms with Crippen LogP contribution in [-0.2, 0) is 4.74 Å². The molecule has 0 amide bonds. The molecule has 0 spiro atoms. The van der Waals surface area contributed by atoms with Crippen LogP contribution in [0.15, 0.2) is 34.7 Å². The van der Waals surface area contributed by atoms with Gasteiger partial charge in [0.25, 0.3) is 0 Å². The number of morpholine rings is 1. The molecule has 18 heavy (non-hydrogen) atoms. The van der Waals surface area contributed by atoms with Crippen LogP contribution in [0.5, 0.6) is 0 Å². The molecule has 1 atom stereocenters. The van der Waals surface area contributed by atoms with Crippen LogP contribution in [-0.4, -0.2) is 31.6 Å². The second kappa shape index (κ2) is 4.92. The monoisotopic (exact) mass is 245 g/mol. The van der Waals surface area contributed by atoms with Crippen molar-refractivity contribution in [1.29, 1.82) is 0 Å². The number of hydrogen-bond donors (Lipinski definition) is 1. The van der Waals surface area contributed by atoms with Crippen LogP contribution in [0.2, 0.25) is 0 Å². The minimum absolute atomic E-state index is 0.0224. The summed E-state index contributed by atoms with van der Waals surface area (Å²) in [5.41, 5.74) is 0.758. The van der Waals surface area contributed by atoms with E-state index in [4.69, 9.17) is 9.15 Å². The molecule has 0 radical (unpaired) electrons. The van der Waals surface area contributed by atoms with E-state index in [9.17, 15) is 4.79 Å². The fraction of sp³-hybridized carbons (Fsp3) is 0.357. The third-order valence-electron chi connectivity index (χ3n) is 3.13. The first-order valence-electron chi connectivity index (χ1n) is 6.16. The van der Waals surface area contributed by atoms with Crippen LogP contribution >= 0.6 is 0 Å². The molecule has 0 bridgehead atoms. The molecule has 3 rings (SSSR count). The highest BCUT2D eigenvalue weighted by Crippen LogP contribution is 2.20. The van der Waals surface area contributed by atoms with Crippen molar-refractivity contribution in [3.8, 4) is 0 Å². The lowest BCUT2D eigenvalue weighted by Crippen LogP contribution is -2.42. The summed E-state index contributed by atoms with van der Waals surface area (Å²) in [6.07, 6.45) is 0.416. The van der Waals surface area contributed by atoms with E-state index in [-0.39, 0.29) is 11.8 Å². The molecule has 4 nitrogen and oxygen atoms in total. The predicted octanol–water partition coefficient (Wildman–Crippen LogP) is 1.99. The molecule has 2 aromatic rings. The summed E-state index contributed by atoms with van der Waals surface area (Å²) in [4.78, 5) is 12.1. The number of ketones is 1. The van der Waals surface area contributed by atoms with Gasteiger partial charge in [0.15, 0.2) is 11.5 Å². The molecular weight excluding hydrogens is 230 g/mol. The molecule has 1 unspecified atom stereocenters. The first-order chi connectivity index (χ1) is 8.83. The fourth-order valence-corrected chi connectivity index (χ4v) is 2.19. The summed E-state index contributed by atoms with van der Waals surface area (Å²) in [7, 11) is 0. The van der Waals surface area contributed by atoms with Gasteiger partial charge in [-0.05, 0) is 12.1 Å². The van der Waals surface area contributed by atoms with Gasteiger partial charge in [0.1, 0.15) is 5.58 Å². The van der Waals surface area contributed by atoms with Gasteiger partial charge in [-0.25, -0.2) is 0 Å². The normalized spacial score (nSPS) is 20.1. The van der Waals surface area contributed by atoms with E-state index in [1.165, 1.54) is 0 Å². The lowest BCUT2D eigenvalue weighted by Gasteiger charge is -2.22. The van der Waals surface area contributed by atoms with Crippen LogP contribution in [0.4, 0.5) is 0 Å². The summed E-state index contributed by atoms with van der Waals surface area (Å²) in [5, 5.41) is 4.23. The minimum Gasteiger partial charge on any atom is -0.453 e. The Morgan fingerprint density at radius 2 is 2.28 bits per heavy atom. The summed E-state index contributed by atoms with van der Waals surface area (Å²) in [6.45, 7) is 2.11. The highest BCUT2D eigenvalue weighted by atomic mass is 16.5. The lowest BCUT2D eigenvalue weighted by molar-refractivity contribution is 0.0666. The zero-order valence-corrected chi connectivity index (χ0v) is 10.0. The first-order valence-corrected chi connectivity index (χ1v) is 6.16. The molecule has 94 valence electrons. The zero-order chi connectivity index (χ0) is 12.4. The Morgan fingerprint density at radius 1 is 1.39 bits per heavy atom. The predicted molar refractivity (Wildman–Crippen MR) is 67.8 cm³/mol. The fourth-order valence-electron chi connectivity index (χ4n) is 2.19. The summed E-state index contributed by atoms with van der Waals surface area (Å²) in [5.74, 6) is 0.456. The van der Waals surface area contributed by atoms with Crippen LogP contribution in [0.3, 0.4) is 0 Å². The molecule has 1 aliphatic heterocycles. The largest absolute Gasteiger partial charge is 0.453 e.